The number of carbonyl (C=O) groups is 3. The van der Waals surface area contributed by atoms with E-state index in [1.807, 2.05) is 0 Å². The number of carbonyl (C=O) groups excluding carboxylic acids is 3. The average Bonchev–Trinajstić information content (AvgIpc) is 2.27. The van der Waals surface area contributed by atoms with Gasteiger partial charge in [0.15, 0.2) is 0 Å². The Balaban J connectivity index is 2.46. The van der Waals surface area contributed by atoms with E-state index in [4.69, 9.17) is 5.11 Å². The minimum Gasteiger partial charge on any atom is -0.447 e. The Morgan fingerprint density at radius 3 is 2.94 bits per heavy atom. The van der Waals surface area contributed by atoms with Gasteiger partial charge in [0.2, 0.25) is 5.91 Å². The molecule has 3 amide bonds. The van der Waals surface area contributed by atoms with Crippen molar-refractivity contribution < 1.29 is 24.2 Å². The van der Waals surface area contributed by atoms with Gasteiger partial charge in [0.25, 0.3) is 5.91 Å². The maximum atomic E-state index is 11.5. The zero-order chi connectivity index (χ0) is 12.1. The van der Waals surface area contributed by atoms with E-state index in [0.29, 0.717) is 0 Å². The predicted octanol–water partition coefficient (Wildman–Crippen LogP) is -1.15. The fourth-order valence-electron chi connectivity index (χ4n) is 1.37. The van der Waals surface area contributed by atoms with Gasteiger partial charge < -0.3 is 15.2 Å². The molecule has 0 spiro atoms. The van der Waals surface area contributed by atoms with Crippen molar-refractivity contribution in [1.82, 2.24) is 10.2 Å². The van der Waals surface area contributed by atoms with Gasteiger partial charge in [-0.15, -0.1) is 0 Å². The number of rotatable bonds is 3. The molecule has 0 bridgehead atoms. The Morgan fingerprint density at radius 1 is 1.62 bits per heavy atom. The van der Waals surface area contributed by atoms with Gasteiger partial charge in [-0.1, -0.05) is 0 Å². The smallest absolute Gasteiger partial charge is 0.407 e. The summed E-state index contributed by atoms with van der Waals surface area (Å²) in [6, 6.07) is -0.728. The van der Waals surface area contributed by atoms with Crippen LogP contribution in [0.25, 0.3) is 0 Å². The van der Waals surface area contributed by atoms with Crippen LogP contribution in [-0.4, -0.2) is 54.2 Å². The zero-order valence-corrected chi connectivity index (χ0v) is 8.93. The lowest BCUT2D eigenvalue weighted by molar-refractivity contribution is -0.147. The van der Waals surface area contributed by atoms with Crippen molar-refractivity contribution in [2.24, 2.45) is 0 Å². The van der Waals surface area contributed by atoms with Gasteiger partial charge in [-0.3, -0.25) is 14.5 Å². The van der Waals surface area contributed by atoms with Gasteiger partial charge in [-0.05, 0) is 6.42 Å². The van der Waals surface area contributed by atoms with E-state index >= 15 is 0 Å². The quantitative estimate of drug-likeness (QED) is 0.597. The van der Waals surface area contributed by atoms with E-state index in [1.54, 1.807) is 0 Å². The second-order valence-electron chi connectivity index (χ2n) is 3.39. The van der Waals surface area contributed by atoms with Crippen molar-refractivity contribution >= 4 is 17.9 Å². The topological polar surface area (TPSA) is 95.9 Å². The summed E-state index contributed by atoms with van der Waals surface area (Å²) in [5.74, 6) is -0.705. The average molecular weight is 230 g/mol. The first-order valence-corrected chi connectivity index (χ1v) is 4.90. The fraction of sp³-hybridized carbons (Fsp3) is 0.667. The molecular formula is C9H14N2O5. The lowest BCUT2D eigenvalue weighted by Crippen LogP contribution is -2.53. The zero-order valence-electron chi connectivity index (χ0n) is 8.93. The number of nitrogens with one attached hydrogen (secondary N) is 1. The molecule has 1 saturated heterocycles. The van der Waals surface area contributed by atoms with E-state index in [-0.39, 0.29) is 32.0 Å². The molecule has 0 aromatic rings. The van der Waals surface area contributed by atoms with E-state index in [9.17, 15) is 14.4 Å². The monoisotopic (exact) mass is 230 g/mol. The van der Waals surface area contributed by atoms with Crippen molar-refractivity contribution in [3.05, 3.63) is 0 Å². The molecule has 1 aliphatic rings. The van der Waals surface area contributed by atoms with E-state index < -0.39 is 18.0 Å². The second kappa shape index (κ2) is 5.45. The highest BCUT2D eigenvalue weighted by molar-refractivity contribution is 6.01. The molecule has 1 unspecified atom stereocenters. The molecular weight excluding hydrogens is 216 g/mol. The number of likely N-dealkylation sites (N-methyl/N-ethyl adjacent to an activating group) is 1. The fourth-order valence-corrected chi connectivity index (χ4v) is 1.37. The first-order chi connectivity index (χ1) is 7.56. The number of amides is 3. The summed E-state index contributed by atoms with van der Waals surface area (Å²) in [7, 11) is 1.37. The van der Waals surface area contributed by atoms with Crippen LogP contribution in [0.3, 0.4) is 0 Å². The number of likely N-dealkylation sites (tertiary alicyclic amines) is 1. The first kappa shape index (κ1) is 12.4. The van der Waals surface area contributed by atoms with Gasteiger partial charge >= 0.3 is 6.09 Å². The van der Waals surface area contributed by atoms with Crippen molar-refractivity contribution in [1.29, 1.82) is 0 Å². The number of aliphatic hydroxyl groups is 1. The largest absolute Gasteiger partial charge is 0.447 e. The van der Waals surface area contributed by atoms with Crippen LogP contribution in [0.2, 0.25) is 0 Å². The van der Waals surface area contributed by atoms with Gasteiger partial charge in [0, 0.05) is 13.5 Å². The molecule has 0 aromatic heterocycles. The number of hydrogen-bond donors (Lipinski definition) is 2. The van der Waals surface area contributed by atoms with E-state index in [1.165, 1.54) is 7.05 Å². The highest BCUT2D eigenvalue weighted by Gasteiger charge is 2.32. The standard InChI is InChI=1S/C9H14N2O5/c1-11-7(13)3-2-6(8(11)14)10-9(15)16-5-4-12/h6,12H,2-5H2,1H3,(H,10,15). The van der Waals surface area contributed by atoms with Crippen LogP contribution in [0.1, 0.15) is 12.8 Å². The summed E-state index contributed by atoms with van der Waals surface area (Å²) < 4.78 is 4.55. The molecule has 1 aliphatic heterocycles. The summed E-state index contributed by atoms with van der Waals surface area (Å²) in [6.45, 7) is -0.397. The van der Waals surface area contributed by atoms with E-state index in [2.05, 4.69) is 10.1 Å². The summed E-state index contributed by atoms with van der Waals surface area (Å²) in [5, 5.41) is 10.8. The SMILES string of the molecule is CN1C(=O)CCC(NC(=O)OCCO)C1=O. The molecule has 90 valence electrons. The van der Waals surface area contributed by atoms with Crippen molar-refractivity contribution in [3.63, 3.8) is 0 Å². The molecule has 1 rings (SSSR count). The number of hydrogen-bond acceptors (Lipinski definition) is 5. The Labute approximate surface area is 92.4 Å². The van der Waals surface area contributed by atoms with Crippen LogP contribution in [0, 0.1) is 0 Å². The van der Waals surface area contributed by atoms with Crippen molar-refractivity contribution in [2.45, 2.75) is 18.9 Å². The van der Waals surface area contributed by atoms with Crippen LogP contribution in [-0.2, 0) is 14.3 Å². The predicted molar refractivity (Wildman–Crippen MR) is 52.4 cm³/mol. The number of aliphatic hydroxyl groups excluding tert-OH is 1. The lowest BCUT2D eigenvalue weighted by Gasteiger charge is -2.27. The summed E-state index contributed by atoms with van der Waals surface area (Å²) in [6.07, 6.45) is -0.279. The van der Waals surface area contributed by atoms with Gasteiger partial charge in [-0.25, -0.2) is 4.79 Å². The molecule has 16 heavy (non-hydrogen) atoms. The summed E-state index contributed by atoms with van der Waals surface area (Å²) in [4.78, 5) is 34.8. The van der Waals surface area contributed by atoms with Crippen LogP contribution in [0.4, 0.5) is 4.79 Å². The van der Waals surface area contributed by atoms with E-state index in [0.717, 1.165) is 4.90 Å². The normalized spacial score (nSPS) is 20.9. The highest BCUT2D eigenvalue weighted by Crippen LogP contribution is 2.11. The molecule has 7 nitrogen and oxygen atoms in total. The third kappa shape index (κ3) is 2.93. The van der Waals surface area contributed by atoms with Crippen LogP contribution in [0.15, 0.2) is 0 Å². The number of alkyl carbamates (subject to hydrolysis) is 1. The molecule has 0 saturated carbocycles. The maximum absolute atomic E-state index is 11.5. The molecule has 0 aromatic carbocycles. The molecule has 1 heterocycles. The Kier molecular flexibility index (Phi) is 4.24. The van der Waals surface area contributed by atoms with Crippen LogP contribution >= 0.6 is 0 Å². The third-order valence-corrected chi connectivity index (χ3v) is 2.27. The first-order valence-electron chi connectivity index (χ1n) is 4.90. The van der Waals surface area contributed by atoms with Gasteiger partial charge in [0.05, 0.1) is 6.61 Å². The van der Waals surface area contributed by atoms with Crippen molar-refractivity contribution in [3.8, 4) is 0 Å². The van der Waals surface area contributed by atoms with Crippen LogP contribution < -0.4 is 5.32 Å². The molecule has 2 N–H and O–H groups in total. The summed E-state index contributed by atoms with van der Waals surface area (Å²) in [5.41, 5.74) is 0. The number of ether oxygens (including phenoxy) is 1. The lowest BCUT2D eigenvalue weighted by atomic mass is 10.1. The Hall–Kier alpha value is -1.63. The minimum absolute atomic E-state index is 0.123. The summed E-state index contributed by atoms with van der Waals surface area (Å²) >= 11 is 0. The molecule has 1 atom stereocenters. The number of imide groups is 1. The minimum atomic E-state index is -0.768. The van der Waals surface area contributed by atoms with Crippen LogP contribution in [0.5, 0.6) is 0 Å². The van der Waals surface area contributed by atoms with Gasteiger partial charge in [0.1, 0.15) is 12.6 Å². The van der Waals surface area contributed by atoms with Crippen molar-refractivity contribution in [2.75, 3.05) is 20.3 Å². The molecule has 0 radical (unpaired) electrons. The number of nitrogens with zero attached hydrogens (tertiary/aromatic N) is 1. The highest BCUT2D eigenvalue weighted by atomic mass is 16.6. The second-order valence-corrected chi connectivity index (χ2v) is 3.39. The molecule has 0 aliphatic carbocycles. The third-order valence-electron chi connectivity index (χ3n) is 2.27. The Bertz CT molecular complexity index is 304. The molecule has 7 heteroatoms. The molecule has 1 fully saturated rings. The maximum Gasteiger partial charge on any atom is 0.407 e. The van der Waals surface area contributed by atoms with Gasteiger partial charge in [-0.2, -0.15) is 0 Å². The number of piperidine rings is 1. The Morgan fingerprint density at radius 2 is 2.31 bits per heavy atom.